The van der Waals surface area contributed by atoms with Gasteiger partial charge in [0, 0.05) is 21.2 Å². The number of fused-ring (bicyclic) bond motifs is 2. The zero-order valence-corrected chi connectivity index (χ0v) is 18.0. The number of nitrogens with one attached hydrogen (secondary N) is 1. The minimum absolute atomic E-state index is 0.0683. The van der Waals surface area contributed by atoms with Gasteiger partial charge in [-0.2, -0.15) is 0 Å². The number of rotatable bonds is 3. The Labute approximate surface area is 183 Å². The third-order valence-electron chi connectivity index (χ3n) is 5.88. The van der Waals surface area contributed by atoms with Crippen LogP contribution in [0.2, 0.25) is 0 Å². The number of benzene rings is 2. The van der Waals surface area contributed by atoms with Crippen molar-refractivity contribution in [3.05, 3.63) is 56.8 Å². The Balaban J connectivity index is 1.50. The predicted octanol–water partition coefficient (Wildman–Crippen LogP) is 2.57. The highest BCUT2D eigenvalue weighted by atomic mass is 79.9. The second-order valence-electron chi connectivity index (χ2n) is 7.94. The van der Waals surface area contributed by atoms with Crippen LogP contribution in [0.4, 0.5) is 0 Å². The molecule has 1 N–H and O–H groups in total. The Kier molecular flexibility index (Phi) is 5.26. The number of quaternary nitrogens is 1. The number of allylic oxidation sites excluding steroid dienone is 1. The molecule has 2 aromatic carbocycles. The summed E-state index contributed by atoms with van der Waals surface area (Å²) in [5, 5.41) is 12.6. The Morgan fingerprint density at radius 1 is 1.13 bits per heavy atom. The molecule has 0 amide bonds. The topological polar surface area (TPSA) is 72.3 Å². The van der Waals surface area contributed by atoms with Gasteiger partial charge in [0.1, 0.15) is 18.0 Å². The molecule has 0 atom stereocenters. The van der Waals surface area contributed by atoms with E-state index in [0.717, 1.165) is 28.7 Å². The fourth-order valence-corrected chi connectivity index (χ4v) is 4.92. The molecule has 3 aliphatic heterocycles. The number of hydrogen-bond acceptors (Lipinski definition) is 5. The summed E-state index contributed by atoms with van der Waals surface area (Å²) in [6.45, 7) is 3.30. The average Bonchev–Trinajstić information content (AvgIpc) is 3.06. The number of likely N-dealkylation sites (tertiary alicyclic amines) is 1. The molecule has 5 rings (SSSR count). The molecule has 1 saturated heterocycles. The largest absolute Gasteiger partial charge is 0.872 e. The van der Waals surface area contributed by atoms with E-state index in [1.54, 1.807) is 12.1 Å². The lowest BCUT2D eigenvalue weighted by Crippen LogP contribution is -3.11. The molecule has 0 bridgehead atoms. The Bertz CT molecular complexity index is 1040. The summed E-state index contributed by atoms with van der Waals surface area (Å²) in [6, 6.07) is 6.89. The number of halogens is 1. The van der Waals surface area contributed by atoms with Crippen LogP contribution in [0.5, 0.6) is 17.2 Å². The van der Waals surface area contributed by atoms with Gasteiger partial charge in [-0.05, 0) is 43.5 Å². The maximum atomic E-state index is 13.0. The third-order valence-corrected chi connectivity index (χ3v) is 6.33. The molecule has 30 heavy (non-hydrogen) atoms. The van der Waals surface area contributed by atoms with Gasteiger partial charge in [0.2, 0.25) is 5.78 Å². The van der Waals surface area contributed by atoms with E-state index in [2.05, 4.69) is 15.9 Å². The van der Waals surface area contributed by atoms with Gasteiger partial charge in [0.25, 0.3) is 0 Å². The van der Waals surface area contributed by atoms with Crippen LogP contribution < -0.4 is 19.5 Å². The molecule has 3 heterocycles. The summed E-state index contributed by atoms with van der Waals surface area (Å²) in [5.41, 5.74) is 2.70. The van der Waals surface area contributed by atoms with Crippen molar-refractivity contribution in [2.45, 2.75) is 32.4 Å². The highest BCUT2D eigenvalue weighted by Gasteiger charge is 2.32. The van der Waals surface area contributed by atoms with E-state index in [9.17, 15) is 9.90 Å². The van der Waals surface area contributed by atoms with Crippen molar-refractivity contribution in [3.63, 3.8) is 0 Å². The summed E-state index contributed by atoms with van der Waals surface area (Å²) in [7, 11) is 0. The minimum Gasteiger partial charge on any atom is -0.872 e. The van der Waals surface area contributed by atoms with Crippen LogP contribution in [0, 0.1) is 0 Å². The zero-order valence-electron chi connectivity index (χ0n) is 16.5. The first-order chi connectivity index (χ1) is 14.6. The molecule has 0 radical (unpaired) electrons. The number of carbonyl (C=O) groups excluding carboxylic acids is 1. The molecule has 0 spiro atoms. The summed E-state index contributed by atoms with van der Waals surface area (Å²) in [6.07, 6.45) is 5.27. The molecule has 7 heteroatoms. The number of piperidine rings is 1. The van der Waals surface area contributed by atoms with Gasteiger partial charge in [0.05, 0.1) is 25.3 Å². The first kappa shape index (κ1) is 19.6. The van der Waals surface area contributed by atoms with E-state index in [4.69, 9.17) is 14.2 Å². The van der Waals surface area contributed by atoms with Crippen molar-refractivity contribution in [3.8, 4) is 17.2 Å². The summed E-state index contributed by atoms with van der Waals surface area (Å²) >= 11 is 3.50. The van der Waals surface area contributed by atoms with Crippen molar-refractivity contribution in [2.24, 2.45) is 0 Å². The molecular weight excluding hydrogens is 450 g/mol. The van der Waals surface area contributed by atoms with Gasteiger partial charge in [0.15, 0.2) is 12.6 Å². The molecule has 2 aromatic rings. The van der Waals surface area contributed by atoms with Crippen LogP contribution in [0.25, 0.3) is 6.08 Å². The van der Waals surface area contributed by atoms with Gasteiger partial charge in [-0.15, -0.1) is 0 Å². The van der Waals surface area contributed by atoms with Crippen molar-refractivity contribution in [1.29, 1.82) is 0 Å². The second kappa shape index (κ2) is 8.06. The average molecular weight is 472 g/mol. The predicted molar refractivity (Wildman–Crippen MR) is 112 cm³/mol. The Hall–Kier alpha value is -2.35. The Morgan fingerprint density at radius 2 is 1.97 bits per heavy atom. The van der Waals surface area contributed by atoms with Crippen LogP contribution >= 0.6 is 15.9 Å². The van der Waals surface area contributed by atoms with Crippen molar-refractivity contribution in [1.82, 2.24) is 0 Å². The minimum atomic E-state index is -0.208. The van der Waals surface area contributed by atoms with Crippen LogP contribution in [0.1, 0.15) is 46.3 Å². The SMILES string of the molecule is O=C1C(=Cc2cc(Br)cc3c2OCOC3)Oc2c1ccc([O-])c2C[NH+]1CCCCC1. The lowest BCUT2D eigenvalue weighted by molar-refractivity contribution is -0.918. The van der Waals surface area contributed by atoms with Crippen LogP contribution in [0.3, 0.4) is 0 Å². The molecule has 3 aliphatic rings. The maximum Gasteiger partial charge on any atom is 0.231 e. The third kappa shape index (κ3) is 3.62. The van der Waals surface area contributed by atoms with Crippen molar-refractivity contribution < 1.29 is 29.0 Å². The molecule has 0 aromatic heterocycles. The van der Waals surface area contributed by atoms with E-state index >= 15 is 0 Å². The summed E-state index contributed by atoms with van der Waals surface area (Å²) in [4.78, 5) is 14.4. The van der Waals surface area contributed by atoms with Crippen LogP contribution in [-0.4, -0.2) is 25.7 Å². The summed E-state index contributed by atoms with van der Waals surface area (Å²) < 4.78 is 17.9. The molecule has 0 saturated carbocycles. The van der Waals surface area contributed by atoms with E-state index in [1.807, 2.05) is 12.1 Å². The fraction of sp³-hybridized carbons (Fsp3) is 0.348. The van der Waals surface area contributed by atoms with E-state index in [1.165, 1.54) is 30.2 Å². The van der Waals surface area contributed by atoms with Crippen LogP contribution in [-0.2, 0) is 17.9 Å². The first-order valence-electron chi connectivity index (χ1n) is 10.2. The van der Waals surface area contributed by atoms with Crippen LogP contribution in [0.15, 0.2) is 34.5 Å². The molecular formula is C23H22BrNO5. The van der Waals surface area contributed by atoms with Gasteiger partial charge >= 0.3 is 0 Å². The summed E-state index contributed by atoms with van der Waals surface area (Å²) in [5.74, 6) is 1.04. The Morgan fingerprint density at radius 3 is 2.80 bits per heavy atom. The molecule has 1 fully saturated rings. The normalized spacial score (nSPS) is 19.9. The number of hydrogen-bond donors (Lipinski definition) is 1. The lowest BCUT2D eigenvalue weighted by Gasteiger charge is -2.26. The lowest BCUT2D eigenvalue weighted by atomic mass is 10.0. The monoisotopic (exact) mass is 471 g/mol. The highest BCUT2D eigenvalue weighted by molar-refractivity contribution is 9.10. The van der Waals surface area contributed by atoms with Gasteiger partial charge in [-0.3, -0.25) is 4.79 Å². The fourth-order valence-electron chi connectivity index (χ4n) is 4.39. The van der Waals surface area contributed by atoms with E-state index in [-0.39, 0.29) is 24.1 Å². The van der Waals surface area contributed by atoms with Gasteiger partial charge in [-0.1, -0.05) is 27.7 Å². The molecule has 156 valence electrons. The number of ketones is 1. The van der Waals surface area contributed by atoms with Crippen molar-refractivity contribution in [2.75, 3.05) is 19.9 Å². The molecule has 0 aliphatic carbocycles. The highest BCUT2D eigenvalue weighted by Crippen LogP contribution is 2.40. The quantitative estimate of drug-likeness (QED) is 0.696. The van der Waals surface area contributed by atoms with Crippen molar-refractivity contribution >= 4 is 27.8 Å². The van der Waals surface area contributed by atoms with E-state index in [0.29, 0.717) is 35.8 Å². The number of Topliss-reactive ketones (excluding diaryl/α,β-unsaturated/α-hetero) is 1. The number of carbonyl (C=O) groups is 1. The van der Waals surface area contributed by atoms with Gasteiger partial charge in [-0.25, -0.2) is 0 Å². The van der Waals surface area contributed by atoms with Gasteiger partial charge < -0.3 is 24.2 Å². The maximum absolute atomic E-state index is 13.0. The number of ether oxygens (including phenoxy) is 3. The molecule has 0 unspecified atom stereocenters. The van der Waals surface area contributed by atoms with E-state index < -0.39 is 0 Å². The molecule has 6 nitrogen and oxygen atoms in total. The zero-order chi connectivity index (χ0) is 20.7. The first-order valence-corrected chi connectivity index (χ1v) is 11.0. The smallest absolute Gasteiger partial charge is 0.231 e. The standard InChI is InChI=1S/C23H22BrNO5/c24-16-8-14(22-15(9-16)12-28-13-29-22)10-20-21(27)17-4-5-19(26)18(23(17)30-20)11-25-6-2-1-3-7-25/h4-5,8-10,26H,1-3,6-7,11-13H2. The second-order valence-corrected chi connectivity index (χ2v) is 8.86.